The maximum Gasteiger partial charge on any atom is 0.234 e. The van der Waals surface area contributed by atoms with Crippen LogP contribution in [0.3, 0.4) is 0 Å². The minimum atomic E-state index is -0.224. The molecule has 0 aliphatic carbocycles. The van der Waals surface area contributed by atoms with Crippen LogP contribution < -0.4 is 15.6 Å². The summed E-state index contributed by atoms with van der Waals surface area (Å²) in [4.78, 5) is 11.6. The minimum Gasteiger partial charge on any atom is -0.482 e. The molecule has 0 saturated heterocycles. The summed E-state index contributed by atoms with van der Waals surface area (Å²) in [7, 11) is 1.70. The fourth-order valence-corrected chi connectivity index (χ4v) is 2.67. The zero-order valence-electron chi connectivity index (χ0n) is 13.9. The van der Waals surface area contributed by atoms with Crippen molar-refractivity contribution in [1.82, 2.24) is 10.9 Å². The number of hydrogen-bond donors (Lipinski definition) is 2. The van der Waals surface area contributed by atoms with E-state index in [-0.39, 0.29) is 16.9 Å². The summed E-state index contributed by atoms with van der Waals surface area (Å²) in [5.41, 5.74) is 8.75. The first-order valence-electron chi connectivity index (χ1n) is 7.47. The second-order valence-electron chi connectivity index (χ2n) is 7.18. The number of carbonyl (C=O) groups is 1. The van der Waals surface area contributed by atoms with Gasteiger partial charge in [-0.15, -0.1) is 0 Å². The molecule has 21 heavy (non-hydrogen) atoms. The highest BCUT2D eigenvalue weighted by molar-refractivity contribution is 5.75. The van der Waals surface area contributed by atoms with Crippen molar-refractivity contribution in [2.45, 2.75) is 58.5 Å². The van der Waals surface area contributed by atoms with Crippen molar-refractivity contribution in [1.29, 1.82) is 0 Å². The number of hydrazine groups is 1. The van der Waals surface area contributed by atoms with Crippen LogP contribution in [-0.2, 0) is 22.2 Å². The molecule has 0 spiro atoms. The first-order chi connectivity index (χ1) is 9.65. The molecule has 1 heterocycles. The lowest BCUT2D eigenvalue weighted by Crippen LogP contribution is -2.38. The van der Waals surface area contributed by atoms with Crippen LogP contribution in [0.25, 0.3) is 0 Å². The molecule has 1 aliphatic rings. The van der Waals surface area contributed by atoms with E-state index in [1.165, 1.54) is 16.7 Å². The van der Waals surface area contributed by atoms with Crippen molar-refractivity contribution in [2.75, 3.05) is 7.05 Å². The Labute approximate surface area is 127 Å². The third-order valence-corrected chi connectivity index (χ3v) is 3.87. The molecule has 0 atom stereocenters. The molecule has 0 bridgehead atoms. The van der Waals surface area contributed by atoms with Gasteiger partial charge in [-0.25, -0.2) is 5.43 Å². The Balaban J connectivity index is 2.27. The Morgan fingerprint density at radius 1 is 1.29 bits per heavy atom. The maximum atomic E-state index is 11.6. The molecular formula is C17H26N2O2. The van der Waals surface area contributed by atoms with Crippen molar-refractivity contribution >= 4 is 5.91 Å². The van der Waals surface area contributed by atoms with Crippen molar-refractivity contribution in [3.05, 3.63) is 28.8 Å². The largest absolute Gasteiger partial charge is 0.482 e. The quantitative estimate of drug-likeness (QED) is 0.838. The molecule has 2 N–H and O–H groups in total. The standard InChI is InChI=1S/C17H26N2O2/c1-16(2,3)12-9-11(7-8-14(20)19-18-6)10-13-15(12)21-17(13,4)5/h9-10,18H,7-8H2,1-6H3,(H,19,20). The van der Waals surface area contributed by atoms with E-state index in [2.05, 4.69) is 57.6 Å². The van der Waals surface area contributed by atoms with Crippen LogP contribution in [-0.4, -0.2) is 13.0 Å². The number of benzene rings is 1. The Morgan fingerprint density at radius 3 is 2.48 bits per heavy atom. The molecule has 1 aliphatic heterocycles. The number of nitrogens with one attached hydrogen (secondary N) is 2. The van der Waals surface area contributed by atoms with Crippen molar-refractivity contribution in [3.8, 4) is 5.75 Å². The normalized spacial score (nSPS) is 15.7. The predicted octanol–water partition coefficient (Wildman–Crippen LogP) is 2.79. The van der Waals surface area contributed by atoms with Gasteiger partial charge in [-0.1, -0.05) is 26.8 Å². The van der Waals surface area contributed by atoms with E-state index < -0.39 is 0 Å². The van der Waals surface area contributed by atoms with E-state index in [1.807, 2.05) is 0 Å². The van der Waals surface area contributed by atoms with Crippen molar-refractivity contribution in [2.24, 2.45) is 0 Å². The Kier molecular flexibility index (Phi) is 4.02. The third-order valence-electron chi connectivity index (χ3n) is 3.87. The lowest BCUT2D eigenvalue weighted by Gasteiger charge is -2.42. The summed E-state index contributed by atoms with van der Waals surface area (Å²) in [6.45, 7) is 10.7. The smallest absolute Gasteiger partial charge is 0.234 e. The molecule has 2 rings (SSSR count). The second kappa shape index (κ2) is 5.34. The monoisotopic (exact) mass is 290 g/mol. The molecule has 4 heteroatoms. The van der Waals surface area contributed by atoms with Crippen LogP contribution in [0, 0.1) is 0 Å². The SMILES string of the molecule is CNNC(=O)CCc1cc(C(C)(C)C)c2c(c1)C(C)(C)O2. The van der Waals surface area contributed by atoms with Gasteiger partial charge >= 0.3 is 0 Å². The fraction of sp³-hybridized carbons (Fsp3) is 0.588. The number of hydrogen-bond acceptors (Lipinski definition) is 3. The number of fused-ring (bicyclic) bond motifs is 1. The summed E-state index contributed by atoms with van der Waals surface area (Å²) in [6.07, 6.45) is 1.21. The van der Waals surface area contributed by atoms with E-state index >= 15 is 0 Å². The van der Waals surface area contributed by atoms with Crippen LogP contribution in [0.2, 0.25) is 0 Å². The predicted molar refractivity (Wildman–Crippen MR) is 84.3 cm³/mol. The van der Waals surface area contributed by atoms with Gasteiger partial charge in [0.25, 0.3) is 0 Å². The topological polar surface area (TPSA) is 50.4 Å². The molecule has 0 saturated carbocycles. The minimum absolute atomic E-state index is 0.00741. The van der Waals surface area contributed by atoms with E-state index in [1.54, 1.807) is 7.05 Å². The molecule has 116 valence electrons. The first-order valence-corrected chi connectivity index (χ1v) is 7.47. The molecular weight excluding hydrogens is 264 g/mol. The first kappa shape index (κ1) is 15.8. The number of rotatable bonds is 4. The second-order valence-corrected chi connectivity index (χ2v) is 7.18. The molecule has 0 aromatic heterocycles. The van der Waals surface area contributed by atoms with Gasteiger partial charge in [0.15, 0.2) is 0 Å². The van der Waals surface area contributed by atoms with E-state index in [4.69, 9.17) is 4.74 Å². The Morgan fingerprint density at radius 2 is 1.95 bits per heavy atom. The lowest BCUT2D eigenvalue weighted by molar-refractivity contribution is -0.121. The summed E-state index contributed by atoms with van der Waals surface area (Å²) >= 11 is 0. The zero-order valence-corrected chi connectivity index (χ0v) is 13.9. The van der Waals surface area contributed by atoms with Gasteiger partial charge in [-0.05, 0) is 37.3 Å². The van der Waals surface area contributed by atoms with Gasteiger partial charge in [0.2, 0.25) is 5.91 Å². The number of amides is 1. The molecule has 0 fully saturated rings. The number of aryl methyl sites for hydroxylation is 1. The molecule has 1 aromatic rings. The summed E-state index contributed by atoms with van der Waals surface area (Å²) < 4.78 is 5.96. The zero-order chi connectivity index (χ0) is 15.8. The highest BCUT2D eigenvalue weighted by atomic mass is 16.5. The Hall–Kier alpha value is -1.55. The van der Waals surface area contributed by atoms with Gasteiger partial charge in [0, 0.05) is 24.6 Å². The third kappa shape index (κ3) is 3.21. The Bertz CT molecular complexity index is 557. The fourth-order valence-electron chi connectivity index (χ4n) is 2.67. The highest BCUT2D eigenvalue weighted by Crippen LogP contribution is 2.49. The average Bonchev–Trinajstić information content (AvgIpc) is 2.35. The van der Waals surface area contributed by atoms with Crippen LogP contribution in [0.5, 0.6) is 5.75 Å². The number of carbonyl (C=O) groups excluding carboxylic acids is 1. The van der Waals surface area contributed by atoms with Crippen LogP contribution in [0.15, 0.2) is 12.1 Å². The van der Waals surface area contributed by atoms with Gasteiger partial charge in [-0.2, -0.15) is 0 Å². The molecule has 1 amide bonds. The van der Waals surface area contributed by atoms with Gasteiger partial charge in [0.05, 0.1) is 0 Å². The highest BCUT2D eigenvalue weighted by Gasteiger charge is 2.40. The van der Waals surface area contributed by atoms with Crippen LogP contribution in [0.4, 0.5) is 0 Å². The molecule has 1 aromatic carbocycles. The van der Waals surface area contributed by atoms with Crippen LogP contribution in [0.1, 0.15) is 57.7 Å². The maximum absolute atomic E-state index is 11.6. The van der Waals surface area contributed by atoms with Crippen molar-refractivity contribution < 1.29 is 9.53 Å². The van der Waals surface area contributed by atoms with Gasteiger partial charge < -0.3 is 4.74 Å². The summed E-state index contributed by atoms with van der Waals surface area (Å²) in [5, 5.41) is 0. The van der Waals surface area contributed by atoms with Gasteiger partial charge in [-0.3, -0.25) is 10.2 Å². The summed E-state index contributed by atoms with van der Waals surface area (Å²) in [5.74, 6) is 1.03. The van der Waals surface area contributed by atoms with Crippen molar-refractivity contribution in [3.63, 3.8) is 0 Å². The van der Waals surface area contributed by atoms with Crippen LogP contribution >= 0.6 is 0 Å². The lowest BCUT2D eigenvalue weighted by atomic mass is 9.78. The van der Waals surface area contributed by atoms with E-state index in [9.17, 15) is 4.79 Å². The number of ether oxygens (including phenoxy) is 1. The average molecular weight is 290 g/mol. The van der Waals surface area contributed by atoms with Gasteiger partial charge in [0.1, 0.15) is 11.4 Å². The molecule has 0 unspecified atom stereocenters. The molecule has 4 nitrogen and oxygen atoms in total. The summed E-state index contributed by atoms with van der Waals surface area (Å²) in [6, 6.07) is 4.36. The molecule has 0 radical (unpaired) electrons. The van der Waals surface area contributed by atoms with E-state index in [0.717, 1.165) is 12.2 Å². The van der Waals surface area contributed by atoms with E-state index in [0.29, 0.717) is 6.42 Å².